The summed E-state index contributed by atoms with van der Waals surface area (Å²) in [6, 6.07) is 7.76. The Morgan fingerprint density at radius 3 is 2.63 bits per heavy atom. The maximum atomic E-state index is 11.8. The molecule has 0 aliphatic carbocycles. The van der Waals surface area contributed by atoms with Crippen LogP contribution in [-0.2, 0) is 4.74 Å². The summed E-state index contributed by atoms with van der Waals surface area (Å²) in [6.07, 6.45) is 0. The summed E-state index contributed by atoms with van der Waals surface area (Å²) in [7, 11) is 1.24. The first-order valence-corrected chi connectivity index (χ1v) is 6.51. The minimum absolute atomic E-state index is 0.111. The lowest BCUT2D eigenvalue weighted by atomic mass is 10.2. The lowest BCUT2D eigenvalue weighted by molar-refractivity contribution is 0.0593. The molecule has 0 spiro atoms. The van der Waals surface area contributed by atoms with E-state index in [1.807, 2.05) is 0 Å². The molecule has 1 aromatic carbocycles. The van der Waals surface area contributed by atoms with E-state index in [4.69, 9.17) is 16.3 Å². The summed E-state index contributed by atoms with van der Waals surface area (Å²) >= 11 is 7.06. The molecule has 6 heteroatoms. The number of rotatable bonds is 3. The van der Waals surface area contributed by atoms with Gasteiger partial charge in [-0.05, 0) is 29.6 Å². The molecule has 0 aliphatic rings. The first kappa shape index (κ1) is 13.6. The lowest BCUT2D eigenvalue weighted by Crippen LogP contribution is -2.11. The van der Waals surface area contributed by atoms with Crippen molar-refractivity contribution in [2.45, 2.75) is 0 Å². The smallest absolute Gasteiger partial charge is 0.353 e. The number of hydrogen-bond donors (Lipinski definition) is 0. The molecule has 0 aliphatic heterocycles. The highest BCUT2D eigenvalue weighted by Gasteiger charge is 2.17. The van der Waals surface area contributed by atoms with Crippen LogP contribution in [0.1, 0.15) is 20.0 Å². The summed E-state index contributed by atoms with van der Waals surface area (Å²) in [4.78, 5) is 23.9. The quantitative estimate of drug-likeness (QED) is 0.643. The van der Waals surface area contributed by atoms with Crippen LogP contribution in [0.25, 0.3) is 0 Å². The number of carbonyl (C=O) groups excluding carboxylic acids is 2. The number of ether oxygens (including phenoxy) is 2. The predicted molar refractivity (Wildman–Crippen MR) is 72.1 cm³/mol. The van der Waals surface area contributed by atoms with Gasteiger partial charge in [0.1, 0.15) is 16.2 Å². The van der Waals surface area contributed by atoms with Gasteiger partial charge in [0.05, 0.1) is 7.11 Å². The van der Waals surface area contributed by atoms with Crippen molar-refractivity contribution in [1.29, 1.82) is 0 Å². The van der Waals surface area contributed by atoms with Crippen molar-refractivity contribution in [2.24, 2.45) is 0 Å². The molecule has 0 saturated heterocycles. The van der Waals surface area contributed by atoms with Crippen LogP contribution in [0.3, 0.4) is 0 Å². The summed E-state index contributed by atoms with van der Waals surface area (Å²) in [5, 5.41) is 2.12. The molecular weight excluding hydrogens is 288 g/mol. The second-order valence-electron chi connectivity index (χ2n) is 3.50. The third-order valence-electron chi connectivity index (χ3n) is 2.27. The van der Waals surface area contributed by atoms with Crippen LogP contribution >= 0.6 is 22.9 Å². The molecule has 98 valence electrons. The fraction of sp³-hybridized carbons (Fsp3) is 0.0769. The van der Waals surface area contributed by atoms with Crippen LogP contribution in [0, 0.1) is 0 Å². The number of methoxy groups -OCH3 is 1. The van der Waals surface area contributed by atoms with Gasteiger partial charge in [-0.2, -0.15) is 0 Å². The first-order valence-electron chi connectivity index (χ1n) is 5.25. The zero-order chi connectivity index (χ0) is 13.8. The Morgan fingerprint density at radius 2 is 2.00 bits per heavy atom. The van der Waals surface area contributed by atoms with E-state index in [2.05, 4.69) is 4.74 Å². The van der Waals surface area contributed by atoms with Gasteiger partial charge in [0.25, 0.3) is 0 Å². The Kier molecular flexibility index (Phi) is 4.19. The van der Waals surface area contributed by atoms with E-state index < -0.39 is 11.9 Å². The van der Waals surface area contributed by atoms with E-state index in [0.717, 1.165) is 0 Å². The lowest BCUT2D eigenvalue weighted by Gasteiger charge is -2.08. The molecule has 1 heterocycles. The zero-order valence-corrected chi connectivity index (χ0v) is 11.5. The maximum Gasteiger partial charge on any atom is 0.353 e. The summed E-state index contributed by atoms with van der Waals surface area (Å²) in [5.41, 5.74) is 0.111. The highest BCUT2D eigenvalue weighted by Crippen LogP contribution is 2.25. The van der Waals surface area contributed by atoms with Crippen LogP contribution in [0.4, 0.5) is 0 Å². The molecule has 2 rings (SSSR count). The van der Waals surface area contributed by atoms with Gasteiger partial charge in [-0.15, -0.1) is 11.3 Å². The number of carbonyl (C=O) groups is 2. The molecule has 0 radical (unpaired) electrons. The van der Waals surface area contributed by atoms with Crippen molar-refractivity contribution in [3.05, 3.63) is 51.2 Å². The average molecular weight is 297 g/mol. The molecular formula is C13H9ClO4S. The van der Waals surface area contributed by atoms with Gasteiger partial charge in [0.15, 0.2) is 0 Å². The van der Waals surface area contributed by atoms with Crippen molar-refractivity contribution in [3.8, 4) is 5.75 Å². The normalized spacial score (nSPS) is 10.0. The molecule has 0 fully saturated rings. The van der Waals surface area contributed by atoms with Gasteiger partial charge < -0.3 is 9.47 Å². The van der Waals surface area contributed by atoms with Gasteiger partial charge in [-0.25, -0.2) is 9.59 Å². The number of thiophene rings is 1. The fourth-order valence-electron chi connectivity index (χ4n) is 1.41. The largest absolute Gasteiger partial charge is 0.465 e. The van der Waals surface area contributed by atoms with Crippen molar-refractivity contribution in [3.63, 3.8) is 0 Å². The predicted octanol–water partition coefficient (Wildman–Crippen LogP) is 3.41. The molecule has 0 bridgehead atoms. The monoisotopic (exact) mass is 296 g/mol. The van der Waals surface area contributed by atoms with E-state index >= 15 is 0 Å². The van der Waals surface area contributed by atoms with E-state index in [1.54, 1.807) is 17.5 Å². The summed E-state index contributed by atoms with van der Waals surface area (Å²) < 4.78 is 9.80. The molecule has 0 saturated carbocycles. The van der Waals surface area contributed by atoms with Crippen molar-refractivity contribution in [1.82, 2.24) is 0 Å². The van der Waals surface area contributed by atoms with Gasteiger partial charge in [-0.1, -0.05) is 17.7 Å². The summed E-state index contributed by atoms with van der Waals surface area (Å²) in [6.45, 7) is 0. The Balaban J connectivity index is 2.29. The fourth-order valence-corrected chi connectivity index (χ4v) is 2.18. The molecule has 19 heavy (non-hydrogen) atoms. The highest BCUT2D eigenvalue weighted by atomic mass is 35.5. The van der Waals surface area contributed by atoms with Crippen molar-refractivity contribution >= 4 is 34.9 Å². The van der Waals surface area contributed by atoms with Crippen molar-refractivity contribution in [2.75, 3.05) is 7.11 Å². The van der Waals surface area contributed by atoms with E-state index in [0.29, 0.717) is 9.90 Å². The Morgan fingerprint density at radius 1 is 1.21 bits per heavy atom. The van der Waals surface area contributed by atoms with Gasteiger partial charge >= 0.3 is 11.9 Å². The topological polar surface area (TPSA) is 52.6 Å². The van der Waals surface area contributed by atoms with Crippen LogP contribution in [0.5, 0.6) is 5.75 Å². The molecule has 0 atom stereocenters. The molecule has 0 unspecified atom stereocenters. The number of hydrogen-bond acceptors (Lipinski definition) is 5. The second-order valence-corrected chi connectivity index (χ2v) is 4.88. The van der Waals surface area contributed by atoms with Crippen LogP contribution < -0.4 is 4.74 Å². The van der Waals surface area contributed by atoms with Crippen molar-refractivity contribution < 1.29 is 19.1 Å². The molecule has 0 amide bonds. The van der Waals surface area contributed by atoms with Crippen LogP contribution in [0.15, 0.2) is 35.7 Å². The third kappa shape index (κ3) is 3.13. The summed E-state index contributed by atoms with van der Waals surface area (Å²) in [5.74, 6) is -1.02. The van der Waals surface area contributed by atoms with Gasteiger partial charge in [-0.3, -0.25) is 0 Å². The average Bonchev–Trinajstić information content (AvgIpc) is 2.94. The Bertz CT molecular complexity index is 607. The van der Waals surface area contributed by atoms with Crippen LogP contribution in [0.2, 0.25) is 5.02 Å². The molecule has 4 nitrogen and oxygen atoms in total. The molecule has 1 aromatic heterocycles. The van der Waals surface area contributed by atoms with Gasteiger partial charge in [0, 0.05) is 5.02 Å². The zero-order valence-electron chi connectivity index (χ0n) is 9.88. The maximum absolute atomic E-state index is 11.8. The second kappa shape index (κ2) is 5.86. The standard InChI is InChI=1S/C13H9ClO4S/c1-17-12(15)9-7-8(14)4-5-10(9)18-13(16)11-3-2-6-19-11/h2-7H,1H3. The van der Waals surface area contributed by atoms with E-state index in [-0.39, 0.29) is 11.3 Å². The Labute approximate surface area is 118 Å². The highest BCUT2D eigenvalue weighted by molar-refractivity contribution is 7.12. The van der Waals surface area contributed by atoms with Gasteiger partial charge in [0.2, 0.25) is 0 Å². The molecule has 0 N–H and O–H groups in total. The Hall–Kier alpha value is -1.85. The molecule has 2 aromatic rings. The minimum atomic E-state index is -0.614. The third-order valence-corrected chi connectivity index (χ3v) is 3.36. The van der Waals surface area contributed by atoms with E-state index in [9.17, 15) is 9.59 Å². The number of benzene rings is 1. The SMILES string of the molecule is COC(=O)c1cc(Cl)ccc1OC(=O)c1cccs1. The number of esters is 2. The first-order chi connectivity index (χ1) is 9.11. The van der Waals surface area contributed by atoms with Crippen LogP contribution in [-0.4, -0.2) is 19.0 Å². The minimum Gasteiger partial charge on any atom is -0.465 e. The number of halogens is 1. The van der Waals surface area contributed by atoms with E-state index in [1.165, 1.54) is 36.6 Å².